The Morgan fingerprint density at radius 3 is 2.52 bits per heavy atom. The molecule has 4 aliphatic rings. The highest BCUT2D eigenvalue weighted by Crippen LogP contribution is 2.32. The van der Waals surface area contributed by atoms with Crippen LogP contribution in [0.25, 0.3) is 28.0 Å². The fourth-order valence-electron chi connectivity index (χ4n) is 9.55. The summed E-state index contributed by atoms with van der Waals surface area (Å²) < 4.78 is 23.5. The van der Waals surface area contributed by atoms with Crippen LogP contribution in [-0.4, -0.2) is 98.5 Å². The number of halogens is 1. The van der Waals surface area contributed by atoms with E-state index >= 15 is 4.39 Å². The van der Waals surface area contributed by atoms with E-state index in [9.17, 15) is 24.0 Å². The van der Waals surface area contributed by atoms with E-state index in [0.29, 0.717) is 53.7 Å². The van der Waals surface area contributed by atoms with E-state index in [1.54, 1.807) is 42.6 Å². The second-order valence-electron chi connectivity index (χ2n) is 16.8. The van der Waals surface area contributed by atoms with E-state index in [1.807, 2.05) is 23.1 Å². The van der Waals surface area contributed by atoms with Gasteiger partial charge in [-0.2, -0.15) is 0 Å². The van der Waals surface area contributed by atoms with Gasteiger partial charge in [-0.25, -0.2) is 19.2 Å². The highest BCUT2D eigenvalue weighted by molar-refractivity contribution is 6.00. The smallest absolute Gasteiger partial charge is 0.408 e. The van der Waals surface area contributed by atoms with Crippen molar-refractivity contribution >= 4 is 40.5 Å². The first-order chi connectivity index (χ1) is 29.7. The minimum atomic E-state index is -0.765. The van der Waals surface area contributed by atoms with Crippen molar-refractivity contribution in [1.29, 1.82) is 0 Å². The van der Waals surface area contributed by atoms with Crippen LogP contribution >= 0.6 is 0 Å². The molecule has 3 aromatic heterocycles. The van der Waals surface area contributed by atoms with Gasteiger partial charge in [0, 0.05) is 92.9 Å². The quantitative estimate of drug-likeness (QED) is 0.187. The number of carbonyl (C=O) groups excluding carboxylic acids is 3. The Bertz CT molecular complexity index is 2560. The number of nitrogens with one attached hydrogen (secondary N) is 2. The molecule has 61 heavy (non-hydrogen) atoms. The molecule has 15 nitrogen and oxygen atoms in total. The summed E-state index contributed by atoms with van der Waals surface area (Å²) in [4.78, 5) is 78.6. The zero-order valence-electron chi connectivity index (χ0n) is 34.0. The molecule has 3 amide bonds. The molecule has 0 spiro atoms. The lowest BCUT2D eigenvalue weighted by atomic mass is 9.84. The standard InChI is InChI=1S/C45H50FN9O6/c46-35-28-47-44(50-41(35)30-5-4-8-34(26-30)54-17-2-1-9-40(54)57)48-32-7-3-6-31(25-32)43(59)53-23-21-51(22-24-53)18-14-29-15-19-52(20-16-29)33-10-11-36-38(27-33)61-45(60)55(36)37-12-13-39(56)49-42(37)58/h1-2,4-5,8-11,17,26-29,31-32,37H,3,6-7,12-16,18-25H2,(H,47,48,50)(H,49,56,58)/t31-,32+,37?/m1/s1. The average molecular weight is 832 g/mol. The first kappa shape index (κ1) is 40.3. The van der Waals surface area contributed by atoms with Crippen LogP contribution in [-0.2, 0) is 14.4 Å². The lowest BCUT2D eigenvalue weighted by molar-refractivity contribution is -0.138. The van der Waals surface area contributed by atoms with E-state index in [4.69, 9.17) is 4.42 Å². The lowest BCUT2D eigenvalue weighted by Crippen LogP contribution is -2.51. The molecule has 3 saturated heterocycles. The molecule has 3 aliphatic heterocycles. The maximum Gasteiger partial charge on any atom is 0.420 e. The number of aromatic nitrogens is 4. The van der Waals surface area contributed by atoms with Crippen molar-refractivity contribution in [3.05, 3.63) is 99.8 Å². The number of imide groups is 1. The molecule has 4 fully saturated rings. The maximum atomic E-state index is 15.1. The van der Waals surface area contributed by atoms with E-state index in [2.05, 4.69) is 30.4 Å². The summed E-state index contributed by atoms with van der Waals surface area (Å²) in [7, 11) is 0. The molecule has 2 N–H and O–H groups in total. The highest BCUT2D eigenvalue weighted by Gasteiger charge is 2.34. The topological polar surface area (TPSA) is 168 Å². The molecule has 5 aromatic rings. The summed E-state index contributed by atoms with van der Waals surface area (Å²) in [6.07, 6.45) is 9.77. The van der Waals surface area contributed by atoms with Crippen molar-refractivity contribution < 1.29 is 23.2 Å². The lowest BCUT2D eigenvalue weighted by Gasteiger charge is -2.39. The van der Waals surface area contributed by atoms with Crippen LogP contribution in [0.15, 0.2) is 87.1 Å². The van der Waals surface area contributed by atoms with Gasteiger partial charge in [-0.05, 0) is 87.7 Å². The predicted octanol–water partition coefficient (Wildman–Crippen LogP) is 4.74. The van der Waals surface area contributed by atoms with E-state index in [-0.39, 0.29) is 47.9 Å². The first-order valence-electron chi connectivity index (χ1n) is 21.5. The number of hydrogen-bond acceptors (Lipinski definition) is 11. The largest absolute Gasteiger partial charge is 0.420 e. The third-order valence-corrected chi connectivity index (χ3v) is 13.0. The number of hydrogen-bond donors (Lipinski definition) is 2. The third-order valence-electron chi connectivity index (χ3n) is 13.0. The number of nitrogens with zero attached hydrogens (tertiary/aromatic N) is 7. The first-order valence-corrected chi connectivity index (χ1v) is 21.5. The molecule has 1 aliphatic carbocycles. The number of piperazine rings is 1. The molecule has 9 rings (SSSR count). The number of pyridine rings is 1. The molecule has 0 radical (unpaired) electrons. The number of oxazole rings is 1. The monoisotopic (exact) mass is 831 g/mol. The van der Waals surface area contributed by atoms with E-state index in [0.717, 1.165) is 83.1 Å². The molecular formula is C45H50FN9O6. The molecular weight excluding hydrogens is 782 g/mol. The van der Waals surface area contributed by atoms with Crippen molar-refractivity contribution in [2.45, 2.75) is 69.9 Å². The molecule has 16 heteroatoms. The van der Waals surface area contributed by atoms with Crippen molar-refractivity contribution in [3.63, 3.8) is 0 Å². The van der Waals surface area contributed by atoms with Crippen LogP contribution in [0.5, 0.6) is 0 Å². The Morgan fingerprint density at radius 2 is 1.72 bits per heavy atom. The normalized spacial score (nSPS) is 21.8. The Balaban J connectivity index is 0.728. The molecule has 3 atom stereocenters. The van der Waals surface area contributed by atoms with Gasteiger partial charge in [-0.3, -0.25) is 38.5 Å². The number of benzene rings is 2. The summed E-state index contributed by atoms with van der Waals surface area (Å²) in [6, 6.07) is 16.9. The number of fused-ring (bicyclic) bond motifs is 1. The van der Waals surface area contributed by atoms with E-state index < -0.39 is 23.5 Å². The SMILES string of the molecule is O=C1CCC(n2c(=O)oc3cc(N4CCC(CCN5CCN(C(=O)[C@@H]6CCC[C@H](Nc7ncc(F)c(-c8cccc(-n9ccccc9=O)c8)n7)C6)CC5)CC4)ccc32)C(=O)N1. The molecule has 6 heterocycles. The summed E-state index contributed by atoms with van der Waals surface area (Å²) in [5, 5.41) is 5.71. The van der Waals surface area contributed by atoms with Gasteiger partial charge in [-0.1, -0.05) is 24.6 Å². The Hall–Kier alpha value is -6.16. The van der Waals surface area contributed by atoms with Gasteiger partial charge in [0.2, 0.25) is 23.7 Å². The van der Waals surface area contributed by atoms with Crippen molar-refractivity contribution in [1.82, 2.24) is 34.2 Å². The van der Waals surface area contributed by atoms with Gasteiger partial charge in [0.05, 0.1) is 11.7 Å². The summed E-state index contributed by atoms with van der Waals surface area (Å²) >= 11 is 0. The molecule has 0 bridgehead atoms. The van der Waals surface area contributed by atoms with Gasteiger partial charge < -0.3 is 19.5 Å². The van der Waals surface area contributed by atoms with Gasteiger partial charge in [0.25, 0.3) is 5.56 Å². The average Bonchev–Trinajstić information content (AvgIpc) is 3.61. The fraction of sp³-hybridized carbons (Fsp3) is 0.444. The zero-order valence-corrected chi connectivity index (χ0v) is 34.0. The predicted molar refractivity (Wildman–Crippen MR) is 227 cm³/mol. The van der Waals surface area contributed by atoms with Gasteiger partial charge in [-0.15, -0.1) is 0 Å². The Kier molecular flexibility index (Phi) is 11.5. The van der Waals surface area contributed by atoms with Gasteiger partial charge in [0.15, 0.2) is 11.4 Å². The number of anilines is 2. The number of amides is 3. The molecule has 1 saturated carbocycles. The van der Waals surface area contributed by atoms with Crippen LogP contribution in [0.1, 0.15) is 63.8 Å². The van der Waals surface area contributed by atoms with Crippen molar-refractivity contribution in [2.24, 2.45) is 11.8 Å². The minimum absolute atomic E-state index is 0.0152. The fourth-order valence-corrected chi connectivity index (χ4v) is 9.55. The van der Waals surface area contributed by atoms with Crippen molar-refractivity contribution in [3.8, 4) is 16.9 Å². The van der Waals surface area contributed by atoms with Gasteiger partial charge in [0.1, 0.15) is 11.7 Å². The van der Waals surface area contributed by atoms with Crippen molar-refractivity contribution in [2.75, 3.05) is 56.0 Å². The van der Waals surface area contributed by atoms with Gasteiger partial charge >= 0.3 is 5.76 Å². The van der Waals surface area contributed by atoms with Crippen LogP contribution in [0.2, 0.25) is 0 Å². The van der Waals surface area contributed by atoms with E-state index in [1.165, 1.54) is 15.2 Å². The zero-order chi connectivity index (χ0) is 42.0. The minimum Gasteiger partial charge on any atom is -0.408 e. The van der Waals surface area contributed by atoms with Crippen LogP contribution < -0.4 is 26.8 Å². The summed E-state index contributed by atoms with van der Waals surface area (Å²) in [6.45, 7) is 5.94. The molecule has 1 unspecified atom stereocenters. The maximum absolute atomic E-state index is 15.1. The second-order valence-corrected chi connectivity index (χ2v) is 16.8. The van der Waals surface area contributed by atoms with Crippen LogP contribution in [0.3, 0.4) is 0 Å². The number of rotatable bonds is 10. The Morgan fingerprint density at radius 1 is 0.885 bits per heavy atom. The highest BCUT2D eigenvalue weighted by atomic mass is 19.1. The number of carbonyl (C=O) groups is 3. The third kappa shape index (κ3) is 8.72. The Labute approximate surface area is 351 Å². The summed E-state index contributed by atoms with van der Waals surface area (Å²) in [5.74, 6) is -0.941. The van der Waals surface area contributed by atoms with Crippen LogP contribution in [0, 0.1) is 17.7 Å². The van der Waals surface area contributed by atoms with Crippen LogP contribution in [0.4, 0.5) is 16.0 Å². The number of piperidine rings is 2. The second kappa shape index (κ2) is 17.4. The molecule has 2 aromatic carbocycles. The summed E-state index contributed by atoms with van der Waals surface area (Å²) in [5.41, 5.74) is 3.06. The molecule has 318 valence electrons.